The zero-order valence-corrected chi connectivity index (χ0v) is 11.8. The lowest BCUT2D eigenvalue weighted by molar-refractivity contribution is 0.0558. The van der Waals surface area contributed by atoms with Crippen LogP contribution in [-0.4, -0.2) is 16.8 Å². The highest BCUT2D eigenvalue weighted by Gasteiger charge is 2.39. The van der Waals surface area contributed by atoms with E-state index in [9.17, 15) is 4.79 Å². The minimum atomic E-state index is -0.203. The van der Waals surface area contributed by atoms with Gasteiger partial charge < -0.3 is 14.6 Å². The van der Waals surface area contributed by atoms with E-state index in [1.54, 1.807) is 6.26 Å². The minimum Gasteiger partial charge on any atom is -0.465 e. The fourth-order valence-corrected chi connectivity index (χ4v) is 3.48. The van der Waals surface area contributed by atoms with Crippen molar-refractivity contribution < 1.29 is 9.21 Å². The Hall–Kier alpha value is -2.23. The normalized spacial score (nSPS) is 22.2. The molecule has 1 aromatic heterocycles. The molecule has 2 heterocycles. The summed E-state index contributed by atoms with van der Waals surface area (Å²) in [5, 5.41) is 3.47. The van der Waals surface area contributed by atoms with Crippen molar-refractivity contribution in [2.24, 2.45) is 0 Å². The summed E-state index contributed by atoms with van der Waals surface area (Å²) in [6.07, 6.45) is 6.00. The number of carbonyl (C=O) groups is 1. The fraction of sp³-hybridized carbons (Fsp3) is 0.353. The molecule has 4 nitrogen and oxygen atoms in total. The number of fused-ring (bicyclic) bond motifs is 1. The summed E-state index contributed by atoms with van der Waals surface area (Å²) in [6.45, 7) is 0. The van der Waals surface area contributed by atoms with Crippen LogP contribution in [0.15, 0.2) is 47.1 Å². The number of benzene rings is 1. The second kappa shape index (κ2) is 4.95. The summed E-state index contributed by atoms with van der Waals surface area (Å²) >= 11 is 0. The van der Waals surface area contributed by atoms with Crippen LogP contribution < -0.4 is 5.32 Å². The molecule has 1 aliphatic heterocycles. The first-order valence-electron chi connectivity index (χ1n) is 7.56. The molecule has 1 aromatic carbocycles. The maximum Gasteiger partial charge on any atom is 0.258 e. The Bertz CT molecular complexity index is 645. The maximum absolute atomic E-state index is 13.0. The van der Waals surface area contributed by atoms with Crippen molar-refractivity contribution in [1.29, 1.82) is 0 Å². The highest BCUT2D eigenvalue weighted by atomic mass is 16.3. The second-order valence-corrected chi connectivity index (χ2v) is 5.76. The first-order valence-corrected chi connectivity index (χ1v) is 7.56. The van der Waals surface area contributed by atoms with E-state index in [0.717, 1.165) is 29.9 Å². The lowest BCUT2D eigenvalue weighted by Crippen LogP contribution is -2.47. The van der Waals surface area contributed by atoms with E-state index < -0.39 is 0 Å². The molecule has 0 bridgehead atoms. The Morgan fingerprint density at radius 1 is 1.10 bits per heavy atom. The minimum absolute atomic E-state index is 0.109. The van der Waals surface area contributed by atoms with Gasteiger partial charge in [0.25, 0.3) is 5.91 Å². The second-order valence-electron chi connectivity index (χ2n) is 5.76. The average Bonchev–Trinajstić information content (AvgIpc) is 3.20. The molecule has 0 saturated heterocycles. The van der Waals surface area contributed by atoms with Crippen molar-refractivity contribution in [3.63, 3.8) is 0 Å². The van der Waals surface area contributed by atoms with Crippen LogP contribution in [0.1, 0.15) is 48.0 Å². The zero-order valence-electron chi connectivity index (χ0n) is 11.8. The Labute approximate surface area is 123 Å². The van der Waals surface area contributed by atoms with Crippen LogP contribution in [0.2, 0.25) is 0 Å². The summed E-state index contributed by atoms with van der Waals surface area (Å²) in [5.74, 6) is 0.905. The summed E-state index contributed by atoms with van der Waals surface area (Å²) < 4.78 is 5.57. The predicted octanol–water partition coefficient (Wildman–Crippen LogP) is 3.79. The third kappa shape index (κ3) is 2.02. The molecule has 1 amide bonds. The van der Waals surface area contributed by atoms with Gasteiger partial charge in [0.05, 0.1) is 11.8 Å². The number of para-hydroxylation sites is 1. The molecule has 1 fully saturated rings. The standard InChI is InChI=1S/C17H18N2O2/c20-17-13-8-3-4-9-14(13)18-16(15-10-5-11-21-15)19(17)12-6-1-2-7-12/h3-5,8-12,16,18H,1-2,6-7H2. The summed E-state index contributed by atoms with van der Waals surface area (Å²) in [5.41, 5.74) is 1.64. The maximum atomic E-state index is 13.0. The van der Waals surface area contributed by atoms with Crippen molar-refractivity contribution in [1.82, 2.24) is 4.90 Å². The topological polar surface area (TPSA) is 45.5 Å². The van der Waals surface area contributed by atoms with Crippen molar-refractivity contribution in [2.45, 2.75) is 37.9 Å². The number of furan rings is 1. The van der Waals surface area contributed by atoms with Gasteiger partial charge in [0.1, 0.15) is 5.76 Å². The number of nitrogens with zero attached hydrogens (tertiary/aromatic N) is 1. The molecular formula is C17H18N2O2. The number of amides is 1. The van der Waals surface area contributed by atoms with E-state index >= 15 is 0 Å². The molecule has 4 rings (SSSR count). The molecule has 1 unspecified atom stereocenters. The zero-order chi connectivity index (χ0) is 14.2. The highest BCUT2D eigenvalue weighted by molar-refractivity contribution is 6.01. The van der Waals surface area contributed by atoms with E-state index in [1.807, 2.05) is 41.3 Å². The van der Waals surface area contributed by atoms with Crippen LogP contribution in [0.4, 0.5) is 5.69 Å². The first kappa shape index (κ1) is 12.5. The van der Waals surface area contributed by atoms with Gasteiger partial charge in [-0.3, -0.25) is 4.79 Å². The first-order chi connectivity index (χ1) is 10.3. The SMILES string of the molecule is O=C1c2ccccc2NC(c2ccco2)N1C1CCCC1. The highest BCUT2D eigenvalue weighted by Crippen LogP contribution is 2.38. The summed E-state index contributed by atoms with van der Waals surface area (Å²) in [6, 6.07) is 11.8. The van der Waals surface area contributed by atoms with Crippen LogP contribution in [0, 0.1) is 0 Å². The Balaban J connectivity index is 1.78. The van der Waals surface area contributed by atoms with E-state index in [4.69, 9.17) is 4.42 Å². The smallest absolute Gasteiger partial charge is 0.258 e. The largest absolute Gasteiger partial charge is 0.465 e. The summed E-state index contributed by atoms with van der Waals surface area (Å²) in [4.78, 5) is 14.9. The molecule has 1 aliphatic carbocycles. The van der Waals surface area contributed by atoms with Gasteiger partial charge >= 0.3 is 0 Å². The number of rotatable bonds is 2. The predicted molar refractivity (Wildman–Crippen MR) is 79.9 cm³/mol. The number of nitrogens with one attached hydrogen (secondary N) is 1. The molecule has 108 valence electrons. The van der Waals surface area contributed by atoms with Crippen LogP contribution in [0.3, 0.4) is 0 Å². The molecular weight excluding hydrogens is 264 g/mol. The van der Waals surface area contributed by atoms with Gasteiger partial charge in [0.2, 0.25) is 0 Å². The van der Waals surface area contributed by atoms with Gasteiger partial charge in [-0.2, -0.15) is 0 Å². The monoisotopic (exact) mass is 282 g/mol. The Morgan fingerprint density at radius 3 is 2.67 bits per heavy atom. The quantitative estimate of drug-likeness (QED) is 0.911. The number of anilines is 1. The molecule has 21 heavy (non-hydrogen) atoms. The van der Waals surface area contributed by atoms with Gasteiger partial charge in [-0.05, 0) is 37.1 Å². The lowest BCUT2D eigenvalue weighted by Gasteiger charge is -2.40. The molecule has 1 atom stereocenters. The number of carbonyl (C=O) groups excluding carboxylic acids is 1. The van der Waals surface area contributed by atoms with E-state index in [2.05, 4.69) is 5.32 Å². The third-order valence-corrected chi connectivity index (χ3v) is 4.49. The van der Waals surface area contributed by atoms with Crippen molar-refractivity contribution in [3.8, 4) is 0 Å². The van der Waals surface area contributed by atoms with Crippen molar-refractivity contribution in [2.75, 3.05) is 5.32 Å². The van der Waals surface area contributed by atoms with Gasteiger partial charge in [0, 0.05) is 11.7 Å². The Kier molecular flexibility index (Phi) is 2.95. The number of hydrogen-bond donors (Lipinski definition) is 1. The Morgan fingerprint density at radius 2 is 1.90 bits per heavy atom. The average molecular weight is 282 g/mol. The fourth-order valence-electron chi connectivity index (χ4n) is 3.48. The van der Waals surface area contributed by atoms with Crippen LogP contribution >= 0.6 is 0 Å². The van der Waals surface area contributed by atoms with Gasteiger partial charge in [-0.25, -0.2) is 0 Å². The van der Waals surface area contributed by atoms with E-state index in [1.165, 1.54) is 12.8 Å². The molecule has 0 radical (unpaired) electrons. The lowest BCUT2D eigenvalue weighted by atomic mass is 10.0. The molecule has 1 saturated carbocycles. The molecule has 1 N–H and O–H groups in total. The molecule has 4 heteroatoms. The van der Waals surface area contributed by atoms with Crippen LogP contribution in [-0.2, 0) is 0 Å². The molecule has 0 spiro atoms. The summed E-state index contributed by atoms with van der Waals surface area (Å²) in [7, 11) is 0. The van der Waals surface area contributed by atoms with E-state index in [0.29, 0.717) is 6.04 Å². The van der Waals surface area contributed by atoms with Crippen molar-refractivity contribution in [3.05, 3.63) is 54.0 Å². The van der Waals surface area contributed by atoms with Crippen molar-refractivity contribution >= 4 is 11.6 Å². The number of hydrogen-bond acceptors (Lipinski definition) is 3. The third-order valence-electron chi connectivity index (χ3n) is 4.49. The van der Waals surface area contributed by atoms with Gasteiger partial charge in [-0.1, -0.05) is 25.0 Å². The molecule has 2 aromatic rings. The van der Waals surface area contributed by atoms with Crippen LogP contribution in [0.25, 0.3) is 0 Å². The van der Waals surface area contributed by atoms with Gasteiger partial charge in [0.15, 0.2) is 6.17 Å². The van der Waals surface area contributed by atoms with Crippen LogP contribution in [0.5, 0.6) is 0 Å². The molecule has 2 aliphatic rings. The van der Waals surface area contributed by atoms with E-state index in [-0.39, 0.29) is 12.1 Å². The van der Waals surface area contributed by atoms with Gasteiger partial charge in [-0.15, -0.1) is 0 Å².